The van der Waals surface area contributed by atoms with Gasteiger partial charge in [-0.3, -0.25) is 4.79 Å². The van der Waals surface area contributed by atoms with Crippen molar-refractivity contribution >= 4 is 11.6 Å². The van der Waals surface area contributed by atoms with Crippen LogP contribution in [0.5, 0.6) is 0 Å². The van der Waals surface area contributed by atoms with E-state index < -0.39 is 6.04 Å². The van der Waals surface area contributed by atoms with E-state index >= 15 is 0 Å². The largest absolute Gasteiger partial charge is 0.324 e. The van der Waals surface area contributed by atoms with Crippen molar-refractivity contribution in [2.24, 2.45) is 18.7 Å². The lowest BCUT2D eigenvalue weighted by Gasteiger charge is -2.18. The van der Waals surface area contributed by atoms with Crippen LogP contribution in [0.25, 0.3) is 11.4 Å². The number of para-hydroxylation sites is 1. The number of hydrogen-bond acceptors (Lipinski definition) is 4. The van der Waals surface area contributed by atoms with Crippen molar-refractivity contribution in [2.75, 3.05) is 5.32 Å². The number of aryl methyl sites for hydroxylation is 1. The maximum atomic E-state index is 12.2. The van der Waals surface area contributed by atoms with Gasteiger partial charge in [0, 0.05) is 12.6 Å². The van der Waals surface area contributed by atoms with Gasteiger partial charge < -0.3 is 15.6 Å². The van der Waals surface area contributed by atoms with Gasteiger partial charge >= 0.3 is 0 Å². The lowest BCUT2D eigenvalue weighted by Crippen LogP contribution is -2.40. The van der Waals surface area contributed by atoms with Crippen molar-refractivity contribution in [1.29, 1.82) is 0 Å². The third kappa shape index (κ3) is 3.28. The van der Waals surface area contributed by atoms with Gasteiger partial charge in [-0.1, -0.05) is 32.4 Å². The quantitative estimate of drug-likeness (QED) is 0.878. The zero-order valence-electron chi connectivity index (χ0n) is 12.6. The number of benzene rings is 1. The molecule has 6 nitrogen and oxygen atoms in total. The second kappa shape index (κ2) is 6.49. The van der Waals surface area contributed by atoms with E-state index in [4.69, 9.17) is 5.73 Å². The van der Waals surface area contributed by atoms with Crippen LogP contribution in [-0.4, -0.2) is 26.7 Å². The molecule has 0 aliphatic carbocycles. The Morgan fingerprint density at radius 1 is 1.43 bits per heavy atom. The first-order valence-corrected chi connectivity index (χ1v) is 7.04. The van der Waals surface area contributed by atoms with E-state index in [1.54, 1.807) is 10.9 Å². The third-order valence-corrected chi connectivity index (χ3v) is 3.70. The SMILES string of the molecule is CCC(C)[C@H](N)C(=O)Nc1ccccc1-c1nncn1C. The highest BCUT2D eigenvalue weighted by molar-refractivity contribution is 5.98. The first kappa shape index (κ1) is 15.2. The van der Waals surface area contributed by atoms with Gasteiger partial charge in [-0.05, 0) is 18.1 Å². The summed E-state index contributed by atoms with van der Waals surface area (Å²) in [5, 5.41) is 10.8. The van der Waals surface area contributed by atoms with Gasteiger partial charge in [0.25, 0.3) is 0 Å². The summed E-state index contributed by atoms with van der Waals surface area (Å²) in [7, 11) is 1.86. The second-order valence-corrected chi connectivity index (χ2v) is 5.21. The standard InChI is InChI=1S/C15H21N5O/c1-4-10(2)13(16)15(21)18-12-8-6-5-7-11(12)14-19-17-9-20(14)3/h5-10,13H,4,16H2,1-3H3,(H,18,21)/t10?,13-/m0/s1. The lowest BCUT2D eigenvalue weighted by molar-refractivity contribution is -0.118. The topological polar surface area (TPSA) is 85.8 Å². The fourth-order valence-electron chi connectivity index (χ4n) is 2.04. The summed E-state index contributed by atoms with van der Waals surface area (Å²) in [5.74, 6) is 0.647. The molecule has 1 amide bonds. The van der Waals surface area contributed by atoms with Gasteiger partial charge in [0.15, 0.2) is 5.82 Å². The normalized spacial score (nSPS) is 13.7. The first-order valence-electron chi connectivity index (χ1n) is 7.04. The summed E-state index contributed by atoms with van der Waals surface area (Å²) in [6, 6.07) is 6.97. The molecule has 1 aromatic carbocycles. The number of nitrogens with one attached hydrogen (secondary N) is 1. The minimum Gasteiger partial charge on any atom is -0.324 e. The number of aromatic nitrogens is 3. The molecule has 1 heterocycles. The molecule has 21 heavy (non-hydrogen) atoms. The summed E-state index contributed by atoms with van der Waals surface area (Å²) < 4.78 is 1.81. The number of carbonyl (C=O) groups excluding carboxylic acids is 1. The molecule has 0 saturated heterocycles. The minimum absolute atomic E-state index is 0.131. The second-order valence-electron chi connectivity index (χ2n) is 5.21. The Morgan fingerprint density at radius 3 is 2.76 bits per heavy atom. The van der Waals surface area contributed by atoms with Crippen molar-refractivity contribution in [1.82, 2.24) is 14.8 Å². The van der Waals surface area contributed by atoms with Crippen LogP contribution in [0, 0.1) is 5.92 Å². The average Bonchev–Trinajstić information content (AvgIpc) is 2.92. The number of nitrogens with two attached hydrogens (primary N) is 1. The molecule has 6 heteroatoms. The molecule has 1 aromatic heterocycles. The molecule has 2 atom stereocenters. The van der Waals surface area contributed by atoms with E-state index in [1.807, 2.05) is 45.2 Å². The third-order valence-electron chi connectivity index (χ3n) is 3.70. The van der Waals surface area contributed by atoms with Crippen molar-refractivity contribution in [3.05, 3.63) is 30.6 Å². The number of anilines is 1. The Kier molecular flexibility index (Phi) is 4.70. The average molecular weight is 287 g/mol. The number of carbonyl (C=O) groups is 1. The minimum atomic E-state index is -0.525. The molecular weight excluding hydrogens is 266 g/mol. The molecule has 1 unspecified atom stereocenters. The van der Waals surface area contributed by atoms with E-state index in [0.717, 1.165) is 12.0 Å². The van der Waals surface area contributed by atoms with Gasteiger partial charge in [-0.2, -0.15) is 0 Å². The van der Waals surface area contributed by atoms with E-state index in [1.165, 1.54) is 0 Å². The zero-order valence-corrected chi connectivity index (χ0v) is 12.6. The Balaban J connectivity index is 2.26. The van der Waals surface area contributed by atoms with Crippen molar-refractivity contribution in [3.8, 4) is 11.4 Å². The van der Waals surface area contributed by atoms with Crippen LogP contribution in [0.1, 0.15) is 20.3 Å². The van der Waals surface area contributed by atoms with Gasteiger partial charge in [-0.25, -0.2) is 0 Å². The molecule has 0 spiro atoms. The summed E-state index contributed by atoms with van der Waals surface area (Å²) in [6.45, 7) is 3.99. The summed E-state index contributed by atoms with van der Waals surface area (Å²) in [6.07, 6.45) is 2.48. The van der Waals surface area contributed by atoms with Crippen molar-refractivity contribution in [2.45, 2.75) is 26.3 Å². The molecule has 2 aromatic rings. The molecule has 112 valence electrons. The molecule has 0 bridgehead atoms. The van der Waals surface area contributed by atoms with Crippen LogP contribution in [0.4, 0.5) is 5.69 Å². The number of nitrogens with zero attached hydrogens (tertiary/aromatic N) is 3. The molecule has 0 saturated carbocycles. The van der Waals surface area contributed by atoms with Gasteiger partial charge in [0.05, 0.1) is 11.7 Å². The van der Waals surface area contributed by atoms with Crippen LogP contribution in [0.3, 0.4) is 0 Å². The first-order chi connectivity index (χ1) is 10.0. The zero-order chi connectivity index (χ0) is 15.4. The van der Waals surface area contributed by atoms with Gasteiger partial charge in [-0.15, -0.1) is 10.2 Å². The molecule has 0 aliphatic heterocycles. The van der Waals surface area contributed by atoms with Crippen molar-refractivity contribution < 1.29 is 4.79 Å². The van der Waals surface area contributed by atoms with Crippen LogP contribution in [0.15, 0.2) is 30.6 Å². The molecule has 0 radical (unpaired) electrons. The Hall–Kier alpha value is -2.21. The highest BCUT2D eigenvalue weighted by Gasteiger charge is 2.21. The maximum Gasteiger partial charge on any atom is 0.241 e. The highest BCUT2D eigenvalue weighted by Crippen LogP contribution is 2.25. The van der Waals surface area contributed by atoms with Crippen LogP contribution >= 0.6 is 0 Å². The van der Waals surface area contributed by atoms with E-state index in [9.17, 15) is 4.79 Å². The van der Waals surface area contributed by atoms with E-state index in [-0.39, 0.29) is 11.8 Å². The fraction of sp³-hybridized carbons (Fsp3) is 0.400. The molecule has 3 N–H and O–H groups in total. The van der Waals surface area contributed by atoms with Gasteiger partial charge in [0.1, 0.15) is 6.33 Å². The highest BCUT2D eigenvalue weighted by atomic mass is 16.2. The summed E-state index contributed by atoms with van der Waals surface area (Å²) in [5.41, 5.74) is 7.49. The van der Waals surface area contributed by atoms with Gasteiger partial charge in [0.2, 0.25) is 5.91 Å². The van der Waals surface area contributed by atoms with Crippen LogP contribution in [0.2, 0.25) is 0 Å². The molecule has 0 aliphatic rings. The summed E-state index contributed by atoms with van der Waals surface area (Å²) in [4.78, 5) is 12.2. The Labute approximate surface area is 124 Å². The van der Waals surface area contributed by atoms with Crippen LogP contribution < -0.4 is 11.1 Å². The number of amides is 1. The van der Waals surface area contributed by atoms with Crippen molar-refractivity contribution in [3.63, 3.8) is 0 Å². The monoisotopic (exact) mass is 287 g/mol. The smallest absolute Gasteiger partial charge is 0.241 e. The lowest BCUT2D eigenvalue weighted by atomic mass is 9.99. The maximum absolute atomic E-state index is 12.2. The molecule has 0 fully saturated rings. The van der Waals surface area contributed by atoms with Crippen LogP contribution in [-0.2, 0) is 11.8 Å². The molecule has 2 rings (SSSR count). The van der Waals surface area contributed by atoms with E-state index in [0.29, 0.717) is 11.5 Å². The number of rotatable bonds is 5. The van der Waals surface area contributed by atoms with E-state index in [2.05, 4.69) is 15.5 Å². The number of hydrogen-bond donors (Lipinski definition) is 2. The Bertz CT molecular complexity index is 622. The predicted molar refractivity (Wildman–Crippen MR) is 82.5 cm³/mol. The molecular formula is C15H21N5O. The Morgan fingerprint density at radius 2 is 2.14 bits per heavy atom. The fourth-order valence-corrected chi connectivity index (χ4v) is 2.04. The summed E-state index contributed by atoms with van der Waals surface area (Å²) >= 11 is 0. The predicted octanol–water partition coefficient (Wildman–Crippen LogP) is 1.79.